The van der Waals surface area contributed by atoms with E-state index in [0.29, 0.717) is 49.6 Å². The van der Waals surface area contributed by atoms with Gasteiger partial charge < -0.3 is 15.4 Å². The molecule has 0 fully saturated rings. The maximum absolute atomic E-state index is 13.2. The minimum atomic E-state index is -0.678. The number of halogens is 1. The number of carbonyl (C=O) groups is 5. The first-order valence-electron chi connectivity index (χ1n) is 13.2. The molecule has 0 aliphatic carbocycles. The minimum absolute atomic E-state index is 0.00415. The van der Waals surface area contributed by atoms with Gasteiger partial charge in [-0.2, -0.15) is 0 Å². The number of nitrogens with one attached hydrogen (secondary N) is 2. The second kappa shape index (κ2) is 17.5. The normalized spacial score (nSPS) is 13.9. The van der Waals surface area contributed by atoms with Crippen molar-refractivity contribution in [2.24, 2.45) is 17.3 Å². The van der Waals surface area contributed by atoms with Crippen LogP contribution in [0, 0.1) is 17.3 Å². The third kappa shape index (κ3) is 15.1. The number of Topliss-reactive ketones (excluding diaryl/α,β-unsaturated/α-hetero) is 2. The van der Waals surface area contributed by atoms with E-state index in [2.05, 4.69) is 33.1 Å². The molecular weight excluding hydrogens is 540 g/mol. The first-order chi connectivity index (χ1) is 17.1. The highest BCUT2D eigenvalue weighted by Crippen LogP contribution is 2.22. The molecule has 37 heavy (non-hydrogen) atoms. The summed E-state index contributed by atoms with van der Waals surface area (Å²) < 4.78 is 5.31. The molecule has 0 aromatic rings. The van der Waals surface area contributed by atoms with Crippen LogP contribution >= 0.6 is 15.9 Å². The smallest absolute Gasteiger partial charge is 0.334 e. The van der Waals surface area contributed by atoms with E-state index in [1.54, 1.807) is 0 Å². The summed E-state index contributed by atoms with van der Waals surface area (Å²) in [6, 6.07) is -0.678. The van der Waals surface area contributed by atoms with Crippen molar-refractivity contribution in [3.05, 3.63) is 12.2 Å². The summed E-state index contributed by atoms with van der Waals surface area (Å²) in [5.74, 6) is -1.55. The van der Waals surface area contributed by atoms with Gasteiger partial charge in [-0.3, -0.25) is 19.2 Å². The van der Waals surface area contributed by atoms with Crippen molar-refractivity contribution in [2.75, 3.05) is 11.9 Å². The molecule has 2 N–H and O–H groups in total. The molecule has 0 spiro atoms. The lowest BCUT2D eigenvalue weighted by Gasteiger charge is -2.28. The van der Waals surface area contributed by atoms with Crippen LogP contribution in [0.4, 0.5) is 0 Å². The minimum Gasteiger partial charge on any atom is -0.459 e. The number of hydrogen-bond acceptors (Lipinski definition) is 6. The van der Waals surface area contributed by atoms with Gasteiger partial charge in [-0.25, -0.2) is 4.79 Å². The molecule has 0 saturated carbocycles. The highest BCUT2D eigenvalue weighted by atomic mass is 79.9. The highest BCUT2D eigenvalue weighted by Gasteiger charge is 2.33. The lowest BCUT2D eigenvalue weighted by atomic mass is 9.83. The molecule has 212 valence electrons. The van der Waals surface area contributed by atoms with E-state index >= 15 is 0 Å². The van der Waals surface area contributed by atoms with Gasteiger partial charge in [-0.15, -0.1) is 0 Å². The summed E-state index contributed by atoms with van der Waals surface area (Å²) in [6.07, 6.45) is 3.14. The highest BCUT2D eigenvalue weighted by molar-refractivity contribution is 9.09. The van der Waals surface area contributed by atoms with E-state index < -0.39 is 23.3 Å². The van der Waals surface area contributed by atoms with Crippen LogP contribution in [0.1, 0.15) is 93.4 Å². The summed E-state index contributed by atoms with van der Waals surface area (Å²) in [4.78, 5) is 61.7. The maximum Gasteiger partial charge on any atom is 0.334 e. The van der Waals surface area contributed by atoms with Gasteiger partial charge in [-0.1, -0.05) is 57.1 Å². The van der Waals surface area contributed by atoms with Crippen LogP contribution < -0.4 is 10.6 Å². The maximum atomic E-state index is 13.2. The van der Waals surface area contributed by atoms with Gasteiger partial charge in [-0.05, 0) is 44.9 Å². The first-order valence-corrected chi connectivity index (χ1v) is 14.3. The molecule has 0 rings (SSSR count). The van der Waals surface area contributed by atoms with E-state index in [0.717, 1.165) is 6.42 Å². The number of rotatable bonds is 18. The lowest BCUT2D eigenvalue weighted by molar-refractivity contribution is -0.143. The standard InChI is InChI=1S/C28H47BrN2O6/c1-18(2)23(16-22(33)13-10-9-12-20(4)37-27(36)19(3)17-29)26(35)31-24(25(34)28(6,7)8)14-11-15-30-21(5)32/h18,20,23-24H,3,9-17H2,1-2,4-8H3,(H,30,32)(H,31,35)/t20?,23-,24-/m0/s1. The Labute approximate surface area is 231 Å². The molecule has 2 amide bonds. The van der Waals surface area contributed by atoms with Crippen LogP contribution in [0.2, 0.25) is 0 Å². The van der Waals surface area contributed by atoms with E-state index in [1.165, 1.54) is 6.92 Å². The van der Waals surface area contributed by atoms with E-state index in [4.69, 9.17) is 4.74 Å². The van der Waals surface area contributed by atoms with Crippen LogP contribution in [-0.4, -0.2) is 53.4 Å². The van der Waals surface area contributed by atoms with Crippen molar-refractivity contribution in [3.8, 4) is 0 Å². The number of ketones is 2. The lowest BCUT2D eigenvalue weighted by Crippen LogP contribution is -2.48. The number of amides is 2. The molecule has 0 radical (unpaired) electrons. The summed E-state index contributed by atoms with van der Waals surface area (Å²) in [6.45, 7) is 16.5. The Morgan fingerprint density at radius 3 is 2.11 bits per heavy atom. The monoisotopic (exact) mass is 586 g/mol. The Balaban J connectivity index is 4.89. The molecule has 0 aromatic heterocycles. The van der Waals surface area contributed by atoms with E-state index in [1.807, 2.05) is 41.5 Å². The van der Waals surface area contributed by atoms with Gasteiger partial charge in [0, 0.05) is 48.5 Å². The van der Waals surface area contributed by atoms with E-state index in [-0.39, 0.29) is 41.8 Å². The van der Waals surface area contributed by atoms with Crippen molar-refractivity contribution in [2.45, 2.75) is 106 Å². The molecule has 9 heteroatoms. The second-order valence-electron chi connectivity index (χ2n) is 11.1. The van der Waals surface area contributed by atoms with Gasteiger partial charge in [0.25, 0.3) is 0 Å². The van der Waals surface area contributed by atoms with Gasteiger partial charge in [0.2, 0.25) is 11.8 Å². The first kappa shape index (κ1) is 35.0. The summed E-state index contributed by atoms with van der Waals surface area (Å²) in [5, 5.41) is 5.97. The molecule has 0 saturated heterocycles. The third-order valence-electron chi connectivity index (χ3n) is 6.08. The summed E-state index contributed by atoms with van der Waals surface area (Å²) in [5.41, 5.74) is -0.277. The molecule has 0 aliphatic rings. The zero-order valence-electron chi connectivity index (χ0n) is 23.7. The van der Waals surface area contributed by atoms with Gasteiger partial charge in [0.05, 0.1) is 12.1 Å². The zero-order valence-corrected chi connectivity index (χ0v) is 25.3. The number of hydrogen-bond donors (Lipinski definition) is 2. The van der Waals surface area contributed by atoms with Gasteiger partial charge in [0.1, 0.15) is 5.78 Å². The Bertz CT molecular complexity index is 803. The number of alkyl halides is 1. The molecule has 3 atom stereocenters. The predicted octanol–water partition coefficient (Wildman–Crippen LogP) is 4.68. The Morgan fingerprint density at radius 1 is 0.973 bits per heavy atom. The van der Waals surface area contributed by atoms with Gasteiger partial charge in [0.15, 0.2) is 5.78 Å². The number of unbranched alkanes of at least 4 members (excludes halogenated alkanes) is 1. The Morgan fingerprint density at radius 2 is 1.59 bits per heavy atom. The Hall–Kier alpha value is -2.03. The fourth-order valence-corrected chi connectivity index (χ4v) is 3.98. The fourth-order valence-electron chi connectivity index (χ4n) is 3.75. The number of esters is 1. The molecule has 0 heterocycles. The van der Waals surface area contributed by atoms with E-state index in [9.17, 15) is 24.0 Å². The van der Waals surface area contributed by atoms with Crippen LogP contribution in [0.3, 0.4) is 0 Å². The molecule has 1 unspecified atom stereocenters. The van der Waals surface area contributed by atoms with Crippen LogP contribution in [0.5, 0.6) is 0 Å². The van der Waals surface area contributed by atoms with Crippen LogP contribution in [-0.2, 0) is 28.7 Å². The third-order valence-corrected chi connectivity index (χ3v) is 6.76. The average Bonchev–Trinajstić information content (AvgIpc) is 2.79. The summed E-state index contributed by atoms with van der Waals surface area (Å²) >= 11 is 3.18. The van der Waals surface area contributed by atoms with Crippen molar-refractivity contribution in [3.63, 3.8) is 0 Å². The zero-order chi connectivity index (χ0) is 28.8. The summed E-state index contributed by atoms with van der Waals surface area (Å²) in [7, 11) is 0. The molecule has 0 bridgehead atoms. The fraction of sp³-hybridized carbons (Fsp3) is 0.750. The Kier molecular flexibility index (Phi) is 16.5. The van der Waals surface area contributed by atoms with Crippen molar-refractivity contribution in [1.29, 1.82) is 0 Å². The predicted molar refractivity (Wildman–Crippen MR) is 149 cm³/mol. The van der Waals surface area contributed by atoms with Crippen LogP contribution in [0.25, 0.3) is 0 Å². The number of ether oxygens (including phenoxy) is 1. The van der Waals surface area contributed by atoms with Crippen molar-refractivity contribution in [1.82, 2.24) is 10.6 Å². The second-order valence-corrected chi connectivity index (χ2v) is 11.7. The average molecular weight is 588 g/mol. The molecular formula is C28H47BrN2O6. The van der Waals surface area contributed by atoms with Gasteiger partial charge >= 0.3 is 5.97 Å². The molecule has 0 aliphatic heterocycles. The van der Waals surface area contributed by atoms with Crippen molar-refractivity contribution < 1.29 is 28.7 Å². The van der Waals surface area contributed by atoms with Crippen LogP contribution in [0.15, 0.2) is 12.2 Å². The topological polar surface area (TPSA) is 119 Å². The number of carbonyl (C=O) groups excluding carboxylic acids is 5. The van der Waals surface area contributed by atoms with Crippen molar-refractivity contribution >= 4 is 45.3 Å². The molecule has 8 nitrogen and oxygen atoms in total. The quantitative estimate of drug-likeness (QED) is 0.104. The largest absolute Gasteiger partial charge is 0.459 e. The molecule has 0 aromatic carbocycles. The SMILES string of the molecule is C=C(CBr)C(=O)OC(C)CCCCC(=O)C[C@H](C(=O)N[C@@H](CCCNC(C)=O)C(=O)C(C)(C)C)C(C)C.